The average Bonchev–Trinajstić information content (AvgIpc) is 3.99. The number of hydrogen-bond acceptors (Lipinski definition) is 11. The zero-order valence-corrected chi connectivity index (χ0v) is 37.7. The van der Waals surface area contributed by atoms with E-state index in [1.54, 1.807) is 25.1 Å². The molecule has 360 valence electrons. The lowest BCUT2D eigenvalue weighted by molar-refractivity contribution is -0.244. The molecule has 7 atom stereocenters. The second-order valence-corrected chi connectivity index (χ2v) is 20.7. The van der Waals surface area contributed by atoms with Crippen LogP contribution in [0, 0.1) is 17.8 Å². The minimum Gasteiger partial charge on any atom is -0.497 e. The molecule has 0 bridgehead atoms. The Balaban J connectivity index is 1.27. The molecule has 1 aromatic carbocycles. The molecule has 3 N–H and O–H groups in total. The van der Waals surface area contributed by atoms with Crippen LogP contribution in [0.15, 0.2) is 48.7 Å². The molecule has 3 aromatic rings. The molecule has 23 heteroatoms. The second-order valence-electron chi connectivity index (χ2n) is 18.5. The van der Waals surface area contributed by atoms with Crippen LogP contribution in [0.25, 0.3) is 16.7 Å². The number of sulfonamides is 1. The van der Waals surface area contributed by atoms with Gasteiger partial charge in [0.15, 0.2) is 11.5 Å². The highest BCUT2D eigenvalue weighted by Gasteiger charge is 2.63. The molecule has 0 radical (unpaired) electrons. The lowest BCUT2D eigenvalue weighted by atomic mass is 9.88. The molecule has 16 nitrogen and oxygen atoms in total. The molecule has 4 heterocycles. The highest BCUT2D eigenvalue weighted by molar-refractivity contribution is 7.91. The van der Waals surface area contributed by atoms with Gasteiger partial charge in [0.05, 0.1) is 23.9 Å². The van der Waals surface area contributed by atoms with Gasteiger partial charge in [0.25, 0.3) is 5.91 Å². The third-order valence-electron chi connectivity index (χ3n) is 12.9. The van der Waals surface area contributed by atoms with Crippen molar-refractivity contribution >= 4 is 44.7 Å². The zero-order valence-electron chi connectivity index (χ0n) is 36.9. The number of halogens is 6. The number of carbonyl (C=O) groups is 4. The molecule has 66 heavy (non-hydrogen) atoms. The first kappa shape index (κ1) is 48.3. The number of allylic oxidation sites excluding steroid dienone is 1. The van der Waals surface area contributed by atoms with Crippen LogP contribution >= 0.6 is 0 Å². The van der Waals surface area contributed by atoms with Gasteiger partial charge in [-0.1, -0.05) is 26.0 Å². The van der Waals surface area contributed by atoms with Crippen molar-refractivity contribution in [1.82, 2.24) is 35.0 Å². The quantitative estimate of drug-likeness (QED) is 0.165. The van der Waals surface area contributed by atoms with E-state index in [2.05, 4.69) is 25.4 Å². The van der Waals surface area contributed by atoms with Crippen LogP contribution < -0.4 is 24.8 Å². The number of alkyl halides is 6. The van der Waals surface area contributed by atoms with E-state index in [1.165, 1.54) is 26.2 Å². The Morgan fingerprint density at radius 1 is 1.02 bits per heavy atom. The summed E-state index contributed by atoms with van der Waals surface area (Å²) in [5.74, 6) is -3.99. The van der Waals surface area contributed by atoms with Crippen LogP contribution in [0.5, 0.6) is 11.5 Å². The summed E-state index contributed by atoms with van der Waals surface area (Å²) < 4.78 is 127. The molecule has 2 aromatic heterocycles. The molecule has 4 amide bonds. The standard InChI is InChI=1S/C43H51F6N7O9S/c1-23-9-7-8-10-25-21-41(25,37(59)54-66(61,62)40(5)14-15-40)52-35(57)30-19-27(22-55(30)36(58)34(24(2)17-23)51-38(60)65-39(3,4)43(47,48)49)64-31-20-33(56-16-13-32(53-56)42(44,45)46)50-29-18-26(63-6)11-12-28(29)31/h8,10-13,16,18,20,23-25,27,30,34H,7,9,14-15,17,19,21-22H2,1-6H3,(H,51,60)(H,52,57)(H,54,59)/b10-8-/t23-,24-,25-,27-,30+,34+,41-/m1/s1. The van der Waals surface area contributed by atoms with Crippen molar-refractivity contribution in [2.45, 2.75) is 126 Å². The van der Waals surface area contributed by atoms with Crippen molar-refractivity contribution in [3.8, 4) is 17.3 Å². The second kappa shape index (κ2) is 17.2. The van der Waals surface area contributed by atoms with Crippen LogP contribution in [-0.4, -0.2) is 106 Å². The number of ether oxygens (including phenoxy) is 3. The van der Waals surface area contributed by atoms with Gasteiger partial charge in [0.1, 0.15) is 35.2 Å². The predicted octanol–water partition coefficient (Wildman–Crippen LogP) is 6.12. The number of benzene rings is 1. The summed E-state index contributed by atoms with van der Waals surface area (Å²) in [7, 11) is -2.77. The van der Waals surface area contributed by atoms with E-state index in [-0.39, 0.29) is 48.8 Å². The van der Waals surface area contributed by atoms with Crippen molar-refractivity contribution in [3.63, 3.8) is 0 Å². The van der Waals surface area contributed by atoms with Gasteiger partial charge in [-0.2, -0.15) is 31.4 Å². The molecule has 1 saturated heterocycles. The third kappa shape index (κ3) is 9.76. The minimum atomic E-state index is -4.98. The first-order chi connectivity index (χ1) is 30.7. The Hall–Kier alpha value is -5.61. The maximum absolute atomic E-state index is 14.9. The van der Waals surface area contributed by atoms with Crippen molar-refractivity contribution in [2.75, 3.05) is 13.7 Å². The highest BCUT2D eigenvalue weighted by Crippen LogP contribution is 2.48. The Morgan fingerprint density at radius 2 is 1.73 bits per heavy atom. The smallest absolute Gasteiger partial charge is 0.435 e. The van der Waals surface area contributed by atoms with Crippen LogP contribution in [0.2, 0.25) is 0 Å². The van der Waals surface area contributed by atoms with Gasteiger partial charge in [0, 0.05) is 36.1 Å². The number of nitrogens with zero attached hydrogens (tertiary/aromatic N) is 4. The fourth-order valence-corrected chi connectivity index (χ4v) is 9.64. The fourth-order valence-electron chi connectivity index (χ4n) is 8.33. The third-order valence-corrected chi connectivity index (χ3v) is 15.1. The lowest BCUT2D eigenvalue weighted by Gasteiger charge is -2.34. The molecule has 4 aliphatic rings. The summed E-state index contributed by atoms with van der Waals surface area (Å²) in [4.78, 5) is 62.5. The van der Waals surface area contributed by atoms with Gasteiger partial charge in [-0.25, -0.2) is 22.9 Å². The molecule has 2 aliphatic carbocycles. The van der Waals surface area contributed by atoms with E-state index >= 15 is 0 Å². The van der Waals surface area contributed by atoms with Crippen LogP contribution in [0.1, 0.15) is 85.3 Å². The number of aromatic nitrogens is 3. The molecular formula is C43H51F6N7O9S. The lowest BCUT2D eigenvalue weighted by Crippen LogP contribution is -2.59. The number of hydrogen-bond donors (Lipinski definition) is 3. The number of nitrogens with one attached hydrogen (secondary N) is 3. The van der Waals surface area contributed by atoms with Gasteiger partial charge in [0.2, 0.25) is 27.4 Å². The van der Waals surface area contributed by atoms with E-state index in [1.807, 2.05) is 13.0 Å². The summed E-state index contributed by atoms with van der Waals surface area (Å²) in [6.45, 7) is 5.91. The maximum Gasteiger partial charge on any atom is 0.435 e. The van der Waals surface area contributed by atoms with Crippen LogP contribution in [-0.2, 0) is 35.3 Å². The Morgan fingerprint density at radius 3 is 2.36 bits per heavy atom. The first-order valence-electron chi connectivity index (χ1n) is 21.4. The van der Waals surface area contributed by atoms with E-state index in [9.17, 15) is 53.9 Å². The van der Waals surface area contributed by atoms with E-state index in [0.717, 1.165) is 21.8 Å². The molecule has 0 unspecified atom stereocenters. The molecule has 3 fully saturated rings. The number of methoxy groups -OCH3 is 1. The van der Waals surface area contributed by atoms with Crippen molar-refractivity contribution in [1.29, 1.82) is 0 Å². The SMILES string of the molecule is COc1ccc2c(O[C@@H]3C[C@H]4C(=O)N[C@]5(C(=O)NS(=O)(=O)C6(C)CC6)C[C@H]5/C=C\CC[C@@H](C)C[C@@H](C)[C@H](NC(=O)OC(C)(C)C(F)(F)F)C(=O)N4C3)cc(-n3ccc(C(F)(F)F)n3)nc2c1. The van der Waals surface area contributed by atoms with E-state index in [4.69, 9.17) is 14.2 Å². The number of pyridine rings is 1. The van der Waals surface area contributed by atoms with Crippen LogP contribution in [0.4, 0.5) is 31.1 Å². The topological polar surface area (TPSA) is 200 Å². The average molecular weight is 956 g/mol. The van der Waals surface area contributed by atoms with Crippen molar-refractivity contribution in [3.05, 3.63) is 54.4 Å². The molecule has 7 rings (SSSR count). The largest absolute Gasteiger partial charge is 0.497 e. The molecular weight excluding hydrogens is 905 g/mol. The maximum atomic E-state index is 14.9. The number of fused-ring (bicyclic) bond motifs is 3. The number of amides is 4. The minimum absolute atomic E-state index is 0.0181. The van der Waals surface area contributed by atoms with E-state index in [0.29, 0.717) is 50.7 Å². The van der Waals surface area contributed by atoms with Gasteiger partial charge < -0.3 is 29.7 Å². The highest BCUT2D eigenvalue weighted by atomic mass is 32.2. The predicted molar refractivity (Wildman–Crippen MR) is 223 cm³/mol. The first-order valence-corrected chi connectivity index (χ1v) is 22.9. The summed E-state index contributed by atoms with van der Waals surface area (Å²) >= 11 is 0. The summed E-state index contributed by atoms with van der Waals surface area (Å²) in [5, 5.41) is 9.04. The normalized spacial score (nSPS) is 27.6. The zero-order chi connectivity index (χ0) is 48.4. The summed E-state index contributed by atoms with van der Waals surface area (Å²) in [5.41, 5.74) is -5.70. The van der Waals surface area contributed by atoms with Gasteiger partial charge >= 0.3 is 18.4 Å². The Bertz CT molecular complexity index is 2540. The van der Waals surface area contributed by atoms with Crippen molar-refractivity contribution < 1.29 is 68.1 Å². The van der Waals surface area contributed by atoms with Crippen LogP contribution in [0.3, 0.4) is 0 Å². The van der Waals surface area contributed by atoms with Gasteiger partial charge in [-0.05, 0) is 89.3 Å². The molecule has 2 aliphatic heterocycles. The van der Waals surface area contributed by atoms with Gasteiger partial charge in [-0.3, -0.25) is 19.1 Å². The Labute approximate surface area is 376 Å². The number of rotatable bonds is 9. The van der Waals surface area contributed by atoms with Gasteiger partial charge in [-0.15, -0.1) is 0 Å². The number of alkyl carbamates (subject to hydrolysis) is 1. The molecule has 2 saturated carbocycles. The summed E-state index contributed by atoms with van der Waals surface area (Å²) in [6.07, 6.45) is -6.12. The summed E-state index contributed by atoms with van der Waals surface area (Å²) in [6, 6.07) is 3.68. The van der Waals surface area contributed by atoms with Crippen molar-refractivity contribution in [2.24, 2.45) is 17.8 Å². The fraction of sp³-hybridized carbons (Fsp3) is 0.581. The van der Waals surface area contributed by atoms with E-state index < -0.39 is 97.8 Å². The molecule has 0 spiro atoms. The monoisotopic (exact) mass is 955 g/mol. The Kier molecular flexibility index (Phi) is 12.6. The number of carbonyl (C=O) groups excluding carboxylic acids is 4.